The Morgan fingerprint density at radius 2 is 2.10 bits per heavy atom. The van der Waals surface area contributed by atoms with Gasteiger partial charge in [0.1, 0.15) is 0 Å². The predicted octanol–water partition coefficient (Wildman–Crippen LogP) is 3.93. The maximum atomic E-state index is 12.6. The largest absolute Gasteiger partial charge is 0.419 e. The first-order valence-corrected chi connectivity index (χ1v) is 7.26. The summed E-state index contributed by atoms with van der Waals surface area (Å²) >= 11 is 3.37. The molecule has 1 atom stereocenters. The Hall–Kier alpha value is -1.34. The van der Waals surface area contributed by atoms with Crippen LogP contribution in [0.15, 0.2) is 35.1 Å². The van der Waals surface area contributed by atoms with Crippen LogP contribution in [0.5, 0.6) is 0 Å². The van der Waals surface area contributed by atoms with Crippen LogP contribution in [-0.2, 0) is 12.6 Å². The maximum absolute atomic E-state index is 12.6. The minimum atomic E-state index is -4.39. The van der Waals surface area contributed by atoms with Crippen molar-refractivity contribution >= 4 is 15.9 Å². The minimum Gasteiger partial charge on any atom is -0.327 e. The van der Waals surface area contributed by atoms with Crippen molar-refractivity contribution in [1.82, 2.24) is 9.78 Å². The van der Waals surface area contributed by atoms with Crippen LogP contribution in [-0.4, -0.2) is 15.8 Å². The molecule has 7 heteroatoms. The van der Waals surface area contributed by atoms with Gasteiger partial charge >= 0.3 is 6.18 Å². The van der Waals surface area contributed by atoms with Gasteiger partial charge in [0.05, 0.1) is 17.4 Å². The molecule has 0 fully saturated rings. The molecule has 114 valence electrons. The number of aromatic nitrogens is 2. The lowest BCUT2D eigenvalue weighted by Crippen LogP contribution is -2.21. The van der Waals surface area contributed by atoms with Gasteiger partial charge in [0, 0.05) is 16.7 Å². The first-order chi connectivity index (χ1) is 9.81. The summed E-state index contributed by atoms with van der Waals surface area (Å²) in [4.78, 5) is 0. The van der Waals surface area contributed by atoms with E-state index in [-0.39, 0.29) is 6.04 Å². The van der Waals surface area contributed by atoms with E-state index in [4.69, 9.17) is 5.73 Å². The highest BCUT2D eigenvalue weighted by Crippen LogP contribution is 2.30. The van der Waals surface area contributed by atoms with E-state index in [0.717, 1.165) is 30.8 Å². The summed E-state index contributed by atoms with van der Waals surface area (Å²) in [6.45, 7) is 2.01. The molecule has 0 bridgehead atoms. The van der Waals surface area contributed by atoms with Crippen LogP contribution >= 0.6 is 15.9 Å². The summed E-state index contributed by atoms with van der Waals surface area (Å²) < 4.78 is 39.6. The van der Waals surface area contributed by atoms with E-state index in [1.807, 2.05) is 19.1 Å². The van der Waals surface area contributed by atoms with Crippen molar-refractivity contribution in [1.29, 1.82) is 0 Å². The Morgan fingerprint density at radius 1 is 1.38 bits per heavy atom. The average Bonchev–Trinajstić information content (AvgIpc) is 2.88. The van der Waals surface area contributed by atoms with Crippen LogP contribution in [0.1, 0.15) is 24.5 Å². The molecule has 0 amide bonds. The van der Waals surface area contributed by atoms with Gasteiger partial charge in [0.25, 0.3) is 0 Å². The summed E-state index contributed by atoms with van der Waals surface area (Å²) in [5.41, 5.74) is 6.71. The molecule has 21 heavy (non-hydrogen) atoms. The lowest BCUT2D eigenvalue weighted by molar-refractivity contribution is -0.137. The van der Waals surface area contributed by atoms with Crippen LogP contribution in [0.25, 0.3) is 5.69 Å². The number of nitrogens with zero attached hydrogens (tertiary/aromatic N) is 2. The fraction of sp³-hybridized carbons (Fsp3) is 0.357. The van der Waals surface area contributed by atoms with Gasteiger partial charge in [0.2, 0.25) is 0 Å². The summed E-state index contributed by atoms with van der Waals surface area (Å²) in [6, 6.07) is 5.52. The Kier molecular flexibility index (Phi) is 4.73. The molecule has 0 aliphatic carbocycles. The van der Waals surface area contributed by atoms with Crippen LogP contribution in [0.2, 0.25) is 0 Å². The quantitative estimate of drug-likeness (QED) is 0.896. The zero-order valence-corrected chi connectivity index (χ0v) is 12.9. The average molecular weight is 362 g/mol. The zero-order chi connectivity index (χ0) is 15.6. The fourth-order valence-corrected chi connectivity index (χ4v) is 2.52. The van der Waals surface area contributed by atoms with Crippen molar-refractivity contribution < 1.29 is 13.2 Å². The first kappa shape index (κ1) is 16.0. The van der Waals surface area contributed by atoms with Gasteiger partial charge in [-0.1, -0.05) is 13.0 Å². The smallest absolute Gasteiger partial charge is 0.327 e. The highest BCUT2D eigenvalue weighted by Gasteiger charge is 2.32. The number of hydrogen-bond acceptors (Lipinski definition) is 2. The molecule has 0 spiro atoms. The topological polar surface area (TPSA) is 43.8 Å². The molecule has 0 saturated carbocycles. The highest BCUT2D eigenvalue weighted by atomic mass is 79.9. The van der Waals surface area contributed by atoms with E-state index in [1.54, 1.807) is 6.07 Å². The Bertz CT molecular complexity index is 622. The first-order valence-electron chi connectivity index (χ1n) is 6.47. The Labute approximate surface area is 129 Å². The summed E-state index contributed by atoms with van der Waals surface area (Å²) in [6.07, 6.45) is -1.01. The molecular weight excluding hydrogens is 347 g/mol. The second-order valence-corrected chi connectivity index (χ2v) is 5.68. The number of nitrogens with two attached hydrogens (primary N) is 1. The van der Waals surface area contributed by atoms with E-state index in [1.165, 1.54) is 4.68 Å². The van der Waals surface area contributed by atoms with Crippen LogP contribution in [0.3, 0.4) is 0 Å². The molecular formula is C14H15BrF3N3. The Balaban J connectivity index is 2.27. The molecule has 0 aliphatic rings. The van der Waals surface area contributed by atoms with Gasteiger partial charge in [-0.3, -0.25) is 0 Å². The summed E-state index contributed by atoms with van der Waals surface area (Å²) in [7, 11) is 0. The van der Waals surface area contributed by atoms with Crippen LogP contribution in [0, 0.1) is 0 Å². The molecule has 1 aromatic carbocycles. The number of benzene rings is 1. The molecule has 1 aromatic heterocycles. The van der Waals surface area contributed by atoms with Crippen molar-refractivity contribution in [3.8, 4) is 5.69 Å². The molecule has 2 rings (SSSR count). The monoisotopic (exact) mass is 361 g/mol. The third-order valence-corrected chi connectivity index (χ3v) is 3.83. The number of alkyl halides is 3. The van der Waals surface area contributed by atoms with Crippen molar-refractivity contribution in [2.75, 3.05) is 0 Å². The lowest BCUT2D eigenvalue weighted by atomic mass is 10.0. The van der Waals surface area contributed by atoms with Crippen molar-refractivity contribution in [3.63, 3.8) is 0 Å². The van der Waals surface area contributed by atoms with Crippen LogP contribution < -0.4 is 5.73 Å². The molecule has 0 saturated heterocycles. The molecule has 1 heterocycles. The normalized spacial score (nSPS) is 13.4. The number of rotatable bonds is 4. The molecule has 3 nitrogen and oxygen atoms in total. The second-order valence-electron chi connectivity index (χ2n) is 4.83. The predicted molar refractivity (Wildman–Crippen MR) is 78.2 cm³/mol. The van der Waals surface area contributed by atoms with E-state index < -0.39 is 11.7 Å². The fourth-order valence-electron chi connectivity index (χ4n) is 1.91. The highest BCUT2D eigenvalue weighted by molar-refractivity contribution is 9.10. The third-order valence-electron chi connectivity index (χ3n) is 3.19. The van der Waals surface area contributed by atoms with Crippen LogP contribution in [0.4, 0.5) is 13.2 Å². The maximum Gasteiger partial charge on any atom is 0.419 e. The van der Waals surface area contributed by atoms with E-state index in [2.05, 4.69) is 21.0 Å². The third kappa shape index (κ3) is 3.85. The van der Waals surface area contributed by atoms with Crippen molar-refractivity contribution in [2.45, 2.75) is 32.0 Å². The van der Waals surface area contributed by atoms with E-state index in [0.29, 0.717) is 10.2 Å². The summed E-state index contributed by atoms with van der Waals surface area (Å²) in [5, 5.41) is 3.76. The zero-order valence-electron chi connectivity index (χ0n) is 11.4. The van der Waals surface area contributed by atoms with E-state index >= 15 is 0 Å². The molecule has 0 aliphatic heterocycles. The minimum absolute atomic E-state index is 0.0734. The second kappa shape index (κ2) is 6.19. The van der Waals surface area contributed by atoms with Gasteiger partial charge in [-0.2, -0.15) is 18.3 Å². The van der Waals surface area contributed by atoms with Gasteiger partial charge in [0.15, 0.2) is 0 Å². The molecule has 1 unspecified atom stereocenters. The molecule has 2 N–H and O–H groups in total. The van der Waals surface area contributed by atoms with E-state index in [9.17, 15) is 13.2 Å². The Morgan fingerprint density at radius 3 is 2.62 bits per heavy atom. The SMILES string of the molecule is CCC(N)Cc1ccc(-n2cc(C(F)(F)F)cn2)c(Br)c1. The van der Waals surface area contributed by atoms with Gasteiger partial charge in [-0.05, 0) is 46.5 Å². The van der Waals surface area contributed by atoms with Crippen molar-refractivity contribution in [3.05, 3.63) is 46.2 Å². The number of halogens is 4. The van der Waals surface area contributed by atoms with Crippen molar-refractivity contribution in [2.24, 2.45) is 5.73 Å². The lowest BCUT2D eigenvalue weighted by Gasteiger charge is -2.11. The molecule has 2 aromatic rings. The van der Waals surface area contributed by atoms with Gasteiger partial charge in [-0.15, -0.1) is 0 Å². The van der Waals surface area contributed by atoms with Gasteiger partial charge < -0.3 is 5.73 Å². The summed E-state index contributed by atoms with van der Waals surface area (Å²) in [5.74, 6) is 0. The standard InChI is InChI=1S/C14H15BrF3N3/c1-2-11(19)5-9-3-4-13(12(15)6-9)21-8-10(7-20-21)14(16,17)18/h3-4,6-8,11H,2,5,19H2,1H3. The number of hydrogen-bond donors (Lipinski definition) is 1. The van der Waals surface area contributed by atoms with Gasteiger partial charge in [-0.25, -0.2) is 4.68 Å². The molecule has 0 radical (unpaired) electrons.